The molecule has 0 spiro atoms. The van der Waals surface area contributed by atoms with Crippen molar-refractivity contribution in [3.05, 3.63) is 64.2 Å². The number of hydrogen-bond acceptors (Lipinski definition) is 2. The first-order chi connectivity index (χ1) is 11.9. The predicted molar refractivity (Wildman–Crippen MR) is 101 cm³/mol. The third-order valence-corrected chi connectivity index (χ3v) is 4.57. The molecule has 0 radical (unpaired) electrons. The van der Waals surface area contributed by atoms with Crippen LogP contribution in [0.2, 0.25) is 0 Å². The Bertz CT molecular complexity index is 717. The van der Waals surface area contributed by atoms with Crippen molar-refractivity contribution < 1.29 is 14.6 Å². The molecule has 3 nitrogen and oxygen atoms in total. The molecular weight excluding hydrogens is 312 g/mol. The van der Waals surface area contributed by atoms with Crippen molar-refractivity contribution in [1.29, 1.82) is 0 Å². The summed E-state index contributed by atoms with van der Waals surface area (Å²) in [6.45, 7) is 8.15. The van der Waals surface area contributed by atoms with Gasteiger partial charge in [-0.25, -0.2) is 4.79 Å². The number of ether oxygens (including phenoxy) is 1. The van der Waals surface area contributed by atoms with E-state index in [0.29, 0.717) is 12.2 Å². The summed E-state index contributed by atoms with van der Waals surface area (Å²) in [6, 6.07) is 12.2. The number of hydrogen-bond donors (Lipinski definition) is 1. The Balaban J connectivity index is 2.12. The lowest BCUT2D eigenvalue weighted by Crippen LogP contribution is -2.29. The van der Waals surface area contributed by atoms with Crippen LogP contribution in [-0.4, -0.2) is 17.2 Å². The average molecular weight is 340 g/mol. The minimum atomic E-state index is -0.936. The molecule has 2 rings (SSSR count). The number of benzene rings is 2. The van der Waals surface area contributed by atoms with Crippen molar-refractivity contribution in [2.45, 2.75) is 59.5 Å². The highest BCUT2D eigenvalue weighted by atomic mass is 16.5. The highest BCUT2D eigenvalue weighted by Gasteiger charge is 2.21. The first-order valence-corrected chi connectivity index (χ1v) is 8.95. The van der Waals surface area contributed by atoms with Gasteiger partial charge in [0.1, 0.15) is 5.75 Å². The van der Waals surface area contributed by atoms with Crippen LogP contribution in [-0.2, 0) is 17.6 Å². The van der Waals surface area contributed by atoms with Crippen LogP contribution in [0.15, 0.2) is 36.4 Å². The van der Waals surface area contributed by atoms with Gasteiger partial charge in [-0.05, 0) is 67.5 Å². The van der Waals surface area contributed by atoms with Crippen molar-refractivity contribution >= 4 is 5.97 Å². The van der Waals surface area contributed by atoms with Gasteiger partial charge in [0.15, 0.2) is 6.10 Å². The van der Waals surface area contributed by atoms with E-state index in [9.17, 15) is 9.90 Å². The van der Waals surface area contributed by atoms with Crippen LogP contribution in [0.25, 0.3) is 0 Å². The van der Waals surface area contributed by atoms with Gasteiger partial charge in [0.05, 0.1) is 0 Å². The van der Waals surface area contributed by atoms with Crippen LogP contribution < -0.4 is 4.74 Å². The number of carboxylic acid groups (broad SMARTS) is 1. The highest BCUT2D eigenvalue weighted by molar-refractivity contribution is 5.73. The van der Waals surface area contributed by atoms with Gasteiger partial charge in [-0.2, -0.15) is 0 Å². The highest BCUT2D eigenvalue weighted by Crippen LogP contribution is 2.25. The summed E-state index contributed by atoms with van der Waals surface area (Å²) in [5.41, 5.74) is 5.45. The zero-order valence-corrected chi connectivity index (χ0v) is 15.6. The van der Waals surface area contributed by atoms with Crippen molar-refractivity contribution in [2.75, 3.05) is 0 Å². The fourth-order valence-electron chi connectivity index (χ4n) is 2.89. The molecule has 0 saturated heterocycles. The van der Waals surface area contributed by atoms with E-state index in [4.69, 9.17) is 4.74 Å². The van der Waals surface area contributed by atoms with E-state index >= 15 is 0 Å². The lowest BCUT2D eigenvalue weighted by molar-refractivity contribution is -0.145. The zero-order chi connectivity index (χ0) is 18.4. The molecule has 2 aromatic carbocycles. The molecule has 25 heavy (non-hydrogen) atoms. The largest absolute Gasteiger partial charge is 0.478 e. The van der Waals surface area contributed by atoms with E-state index in [0.717, 1.165) is 28.7 Å². The molecule has 1 atom stereocenters. The second-order valence-corrected chi connectivity index (χ2v) is 6.77. The van der Waals surface area contributed by atoms with Gasteiger partial charge in [0.25, 0.3) is 0 Å². The maximum atomic E-state index is 11.7. The summed E-state index contributed by atoms with van der Waals surface area (Å²) in [5, 5.41) is 9.57. The minimum absolute atomic E-state index is 0.357. The molecule has 0 fully saturated rings. The summed E-state index contributed by atoms with van der Waals surface area (Å²) in [4.78, 5) is 11.7. The van der Waals surface area contributed by atoms with Gasteiger partial charge in [0, 0.05) is 6.42 Å². The standard InChI is InChI=1S/C22H28O3/c1-5-6-7-18-8-10-19(11-9-18)14-21(22(23)24)25-20-13-15(2)12-16(3)17(20)4/h8-13,21H,5-7,14H2,1-4H3,(H,23,24)/t21-/m0/s1. The molecule has 2 aromatic rings. The summed E-state index contributed by atoms with van der Waals surface area (Å²) < 4.78 is 5.87. The van der Waals surface area contributed by atoms with Gasteiger partial charge in [-0.3, -0.25) is 0 Å². The molecule has 0 saturated carbocycles. The number of aryl methyl sites for hydroxylation is 3. The van der Waals surface area contributed by atoms with E-state index in [2.05, 4.69) is 25.1 Å². The Morgan fingerprint density at radius 3 is 2.32 bits per heavy atom. The molecule has 0 amide bonds. The third kappa shape index (κ3) is 5.35. The smallest absolute Gasteiger partial charge is 0.345 e. The molecule has 0 bridgehead atoms. The molecule has 0 aliphatic heterocycles. The monoisotopic (exact) mass is 340 g/mol. The summed E-state index contributed by atoms with van der Waals surface area (Å²) in [7, 11) is 0. The van der Waals surface area contributed by atoms with E-state index < -0.39 is 12.1 Å². The van der Waals surface area contributed by atoms with Crippen LogP contribution in [0.4, 0.5) is 0 Å². The minimum Gasteiger partial charge on any atom is -0.478 e. The third-order valence-electron chi connectivity index (χ3n) is 4.57. The number of aliphatic carboxylic acids is 1. The van der Waals surface area contributed by atoms with Crippen molar-refractivity contribution in [3.63, 3.8) is 0 Å². The van der Waals surface area contributed by atoms with Crippen LogP contribution in [0, 0.1) is 20.8 Å². The molecule has 0 unspecified atom stereocenters. The number of carboxylic acids is 1. The van der Waals surface area contributed by atoms with Gasteiger partial charge in [-0.15, -0.1) is 0 Å². The molecule has 3 heteroatoms. The number of unbranched alkanes of at least 4 members (excludes halogenated alkanes) is 1. The molecule has 0 aliphatic rings. The predicted octanol–water partition coefficient (Wildman–Crippen LogP) is 5.03. The van der Waals surface area contributed by atoms with E-state index in [1.54, 1.807) is 0 Å². The van der Waals surface area contributed by atoms with Crippen LogP contribution in [0.3, 0.4) is 0 Å². The molecule has 134 valence electrons. The zero-order valence-electron chi connectivity index (χ0n) is 15.6. The van der Waals surface area contributed by atoms with Gasteiger partial charge < -0.3 is 9.84 Å². The Morgan fingerprint density at radius 1 is 1.08 bits per heavy atom. The average Bonchev–Trinajstić information content (AvgIpc) is 2.57. The molecule has 0 heterocycles. The fraction of sp³-hybridized carbons (Fsp3) is 0.409. The molecule has 1 N–H and O–H groups in total. The SMILES string of the molecule is CCCCc1ccc(C[C@H](Oc2cc(C)cc(C)c2C)C(=O)O)cc1. The van der Waals surface area contributed by atoms with Gasteiger partial charge >= 0.3 is 5.97 Å². The van der Waals surface area contributed by atoms with Crippen LogP contribution >= 0.6 is 0 Å². The summed E-state index contributed by atoms with van der Waals surface area (Å²) in [5.74, 6) is -0.280. The molecular formula is C22H28O3. The second-order valence-electron chi connectivity index (χ2n) is 6.77. The lowest BCUT2D eigenvalue weighted by Gasteiger charge is -2.18. The maximum Gasteiger partial charge on any atom is 0.345 e. The summed E-state index contributed by atoms with van der Waals surface area (Å²) >= 11 is 0. The van der Waals surface area contributed by atoms with Crippen molar-refractivity contribution in [3.8, 4) is 5.75 Å². The normalized spacial score (nSPS) is 12.0. The van der Waals surface area contributed by atoms with E-state index in [-0.39, 0.29) is 0 Å². The van der Waals surface area contributed by atoms with Crippen LogP contribution in [0.5, 0.6) is 5.75 Å². The Labute approximate surface area is 150 Å². The first-order valence-electron chi connectivity index (χ1n) is 8.95. The quantitative estimate of drug-likeness (QED) is 0.733. The number of carbonyl (C=O) groups is 1. The Morgan fingerprint density at radius 2 is 1.72 bits per heavy atom. The fourth-order valence-corrected chi connectivity index (χ4v) is 2.89. The second kappa shape index (κ2) is 8.70. The Kier molecular flexibility index (Phi) is 6.63. The van der Waals surface area contributed by atoms with Crippen LogP contribution in [0.1, 0.15) is 47.6 Å². The van der Waals surface area contributed by atoms with Crippen molar-refractivity contribution in [1.82, 2.24) is 0 Å². The summed E-state index contributed by atoms with van der Waals surface area (Å²) in [6.07, 6.45) is 2.88. The van der Waals surface area contributed by atoms with E-state index in [1.165, 1.54) is 18.4 Å². The number of rotatable bonds is 8. The molecule has 0 aliphatic carbocycles. The lowest BCUT2D eigenvalue weighted by atomic mass is 10.0. The van der Waals surface area contributed by atoms with Gasteiger partial charge in [0.2, 0.25) is 0 Å². The maximum absolute atomic E-state index is 11.7. The topological polar surface area (TPSA) is 46.5 Å². The first kappa shape index (κ1) is 19.0. The Hall–Kier alpha value is -2.29. The van der Waals surface area contributed by atoms with E-state index in [1.807, 2.05) is 39.0 Å². The van der Waals surface area contributed by atoms with Gasteiger partial charge in [-0.1, -0.05) is 43.7 Å². The van der Waals surface area contributed by atoms with Crippen molar-refractivity contribution in [2.24, 2.45) is 0 Å². The molecule has 0 aromatic heterocycles.